The smallest absolute Gasteiger partial charge is 0.266 e. The van der Waals surface area contributed by atoms with Crippen molar-refractivity contribution in [2.75, 3.05) is 0 Å². The van der Waals surface area contributed by atoms with Gasteiger partial charge in [0.2, 0.25) is 0 Å². The minimum absolute atomic E-state index is 0.0710. The van der Waals surface area contributed by atoms with Gasteiger partial charge in [0.05, 0.1) is 11.4 Å². The number of phenolic OH excluding ortho intramolecular Hbond substituents is 1. The summed E-state index contributed by atoms with van der Waals surface area (Å²) in [4.78, 5) is 15.4. The molecule has 3 nitrogen and oxygen atoms in total. The third-order valence-electron chi connectivity index (χ3n) is 5.38. The number of carbonyl (C=O) groups is 1. The van der Waals surface area contributed by atoms with Crippen LogP contribution in [-0.4, -0.2) is 20.2 Å². The molecule has 5 heteroatoms. The summed E-state index contributed by atoms with van der Waals surface area (Å²) in [5.74, 6) is 0.266. The lowest BCUT2D eigenvalue weighted by Crippen LogP contribution is -2.27. The molecule has 164 valence electrons. The minimum atomic E-state index is -0.224. The van der Waals surface area contributed by atoms with Crippen molar-refractivity contribution in [3.8, 4) is 5.75 Å². The number of rotatable bonds is 3. The fourth-order valence-corrected chi connectivity index (χ4v) is 4.80. The van der Waals surface area contributed by atoms with E-state index in [0.29, 0.717) is 21.5 Å². The molecule has 0 radical (unpaired) electrons. The Hall–Kier alpha value is -2.11. The summed E-state index contributed by atoms with van der Waals surface area (Å²) in [6, 6.07) is 12.1. The Morgan fingerprint density at radius 2 is 1.52 bits per heavy atom. The molecular weight excluding hydrogens is 422 g/mol. The average molecular weight is 454 g/mol. The molecule has 0 saturated carbocycles. The van der Waals surface area contributed by atoms with Crippen molar-refractivity contribution in [1.82, 2.24) is 4.90 Å². The van der Waals surface area contributed by atoms with Gasteiger partial charge in [-0.3, -0.25) is 9.69 Å². The minimum Gasteiger partial charge on any atom is -0.507 e. The first kappa shape index (κ1) is 23.6. The van der Waals surface area contributed by atoms with Crippen LogP contribution in [0.25, 0.3) is 6.08 Å². The summed E-state index contributed by atoms with van der Waals surface area (Å²) >= 11 is 6.85. The molecule has 0 unspecified atom stereocenters. The predicted octanol–water partition coefficient (Wildman–Crippen LogP) is 6.70. The van der Waals surface area contributed by atoms with Gasteiger partial charge < -0.3 is 5.11 Å². The Balaban J connectivity index is 1.98. The fraction of sp³-hybridized carbons (Fsp3) is 0.385. The molecule has 0 aliphatic carbocycles. The van der Waals surface area contributed by atoms with E-state index < -0.39 is 0 Å². The van der Waals surface area contributed by atoms with Gasteiger partial charge in [-0.2, -0.15) is 0 Å². The first-order valence-electron chi connectivity index (χ1n) is 10.5. The topological polar surface area (TPSA) is 40.5 Å². The van der Waals surface area contributed by atoms with Crippen LogP contribution in [-0.2, 0) is 22.2 Å². The van der Waals surface area contributed by atoms with Gasteiger partial charge in [-0.1, -0.05) is 95.4 Å². The first-order valence-corrected chi connectivity index (χ1v) is 11.7. The predicted molar refractivity (Wildman–Crippen MR) is 135 cm³/mol. The number of phenols is 1. The molecule has 2 aromatic carbocycles. The van der Waals surface area contributed by atoms with E-state index in [1.54, 1.807) is 4.90 Å². The summed E-state index contributed by atoms with van der Waals surface area (Å²) < 4.78 is 0.572. The molecule has 1 N–H and O–H groups in total. The summed E-state index contributed by atoms with van der Waals surface area (Å²) in [5.41, 5.74) is 4.45. The van der Waals surface area contributed by atoms with Crippen molar-refractivity contribution in [3.63, 3.8) is 0 Å². The maximum absolute atomic E-state index is 13.1. The molecule has 1 saturated heterocycles. The number of hydrogen-bond donors (Lipinski definition) is 1. The van der Waals surface area contributed by atoms with E-state index in [9.17, 15) is 9.90 Å². The van der Waals surface area contributed by atoms with Crippen LogP contribution >= 0.6 is 24.0 Å². The second-order valence-corrected chi connectivity index (χ2v) is 11.9. The number of thiocarbonyl (C=S) groups is 1. The highest BCUT2D eigenvalue weighted by molar-refractivity contribution is 8.26. The molecule has 1 heterocycles. The molecule has 2 aromatic rings. The number of nitrogens with zero attached hydrogens (tertiary/aromatic N) is 1. The third kappa shape index (κ3) is 5.21. The van der Waals surface area contributed by atoms with Gasteiger partial charge in [0.25, 0.3) is 5.91 Å². The Bertz CT molecular complexity index is 1020. The lowest BCUT2D eigenvalue weighted by Gasteiger charge is -2.28. The quantitative estimate of drug-likeness (QED) is 0.415. The molecule has 0 bridgehead atoms. The number of hydrogen-bond acceptors (Lipinski definition) is 4. The highest BCUT2D eigenvalue weighted by Gasteiger charge is 2.33. The normalized spacial score (nSPS) is 16.5. The number of benzene rings is 2. The van der Waals surface area contributed by atoms with Gasteiger partial charge in [-0.05, 0) is 47.1 Å². The van der Waals surface area contributed by atoms with E-state index in [2.05, 4.69) is 41.5 Å². The number of thioether (sulfide) groups is 1. The van der Waals surface area contributed by atoms with Gasteiger partial charge >= 0.3 is 0 Å². The number of aryl methyl sites for hydroxylation is 1. The lowest BCUT2D eigenvalue weighted by molar-refractivity contribution is -0.122. The van der Waals surface area contributed by atoms with Gasteiger partial charge in [0, 0.05) is 11.1 Å². The third-order valence-corrected chi connectivity index (χ3v) is 6.76. The van der Waals surface area contributed by atoms with Crippen LogP contribution in [0.5, 0.6) is 5.75 Å². The fourth-order valence-electron chi connectivity index (χ4n) is 3.55. The molecule has 31 heavy (non-hydrogen) atoms. The maximum atomic E-state index is 13.1. The molecule has 3 rings (SSSR count). The number of amides is 1. The summed E-state index contributed by atoms with van der Waals surface area (Å²) in [7, 11) is 0. The van der Waals surface area contributed by atoms with E-state index in [-0.39, 0.29) is 16.7 Å². The largest absolute Gasteiger partial charge is 0.507 e. The zero-order valence-electron chi connectivity index (χ0n) is 19.4. The van der Waals surface area contributed by atoms with Gasteiger partial charge in [0.1, 0.15) is 10.1 Å². The molecule has 1 aliphatic heterocycles. The highest BCUT2D eigenvalue weighted by Crippen LogP contribution is 2.41. The van der Waals surface area contributed by atoms with Crippen LogP contribution in [0.4, 0.5) is 0 Å². The summed E-state index contributed by atoms with van der Waals surface area (Å²) in [6.45, 7) is 15.0. The van der Waals surface area contributed by atoms with Gasteiger partial charge in [-0.15, -0.1) is 0 Å². The lowest BCUT2D eigenvalue weighted by atomic mass is 9.78. The summed E-state index contributed by atoms with van der Waals surface area (Å²) in [6.07, 6.45) is 1.90. The van der Waals surface area contributed by atoms with Crippen LogP contribution in [0.15, 0.2) is 41.3 Å². The van der Waals surface area contributed by atoms with Gasteiger partial charge in [-0.25, -0.2) is 0 Å². The SMILES string of the molecule is Cc1ccc(CN2C(=O)/C(=C/c3cc(C(C)(C)C)c(O)c(C(C)(C)C)c3)SC2=S)cc1. The van der Waals surface area contributed by atoms with Crippen LogP contribution in [0, 0.1) is 6.92 Å². The van der Waals surface area contributed by atoms with E-state index in [1.807, 2.05) is 49.4 Å². The molecule has 0 aromatic heterocycles. The van der Waals surface area contributed by atoms with Crippen molar-refractivity contribution in [2.45, 2.75) is 65.8 Å². The van der Waals surface area contributed by atoms with E-state index in [1.165, 1.54) is 17.3 Å². The van der Waals surface area contributed by atoms with Crippen molar-refractivity contribution >= 4 is 40.3 Å². The molecule has 0 atom stereocenters. The number of carbonyl (C=O) groups excluding carboxylic acids is 1. The van der Waals surface area contributed by atoms with E-state index in [4.69, 9.17) is 12.2 Å². The van der Waals surface area contributed by atoms with Crippen LogP contribution < -0.4 is 0 Å². The van der Waals surface area contributed by atoms with Crippen LogP contribution in [0.3, 0.4) is 0 Å². The second-order valence-electron chi connectivity index (χ2n) is 10.2. The monoisotopic (exact) mass is 453 g/mol. The first-order chi connectivity index (χ1) is 14.3. The Kier molecular flexibility index (Phi) is 6.41. The molecule has 1 aliphatic rings. The van der Waals surface area contributed by atoms with E-state index in [0.717, 1.165) is 22.3 Å². The standard InChI is InChI=1S/C26H31NO2S2/c1-16-8-10-17(11-9-16)15-27-23(29)21(31-24(27)30)14-18-12-19(25(2,3)4)22(28)20(13-18)26(5,6)7/h8-14,28H,15H2,1-7H3/b21-14-. The van der Waals surface area contributed by atoms with Crippen LogP contribution in [0.2, 0.25) is 0 Å². The molecular formula is C26H31NO2S2. The number of aromatic hydroxyl groups is 1. The van der Waals surface area contributed by atoms with Crippen molar-refractivity contribution in [2.24, 2.45) is 0 Å². The van der Waals surface area contributed by atoms with Gasteiger partial charge in [0.15, 0.2) is 0 Å². The zero-order valence-corrected chi connectivity index (χ0v) is 21.0. The Morgan fingerprint density at radius 1 is 1.00 bits per heavy atom. The molecule has 1 amide bonds. The van der Waals surface area contributed by atoms with E-state index >= 15 is 0 Å². The van der Waals surface area contributed by atoms with Crippen molar-refractivity contribution in [3.05, 3.63) is 69.1 Å². The summed E-state index contributed by atoms with van der Waals surface area (Å²) in [5, 5.41) is 10.9. The Labute approximate surface area is 195 Å². The highest BCUT2D eigenvalue weighted by atomic mass is 32.2. The average Bonchev–Trinajstić information content (AvgIpc) is 2.90. The molecule has 1 fully saturated rings. The zero-order chi connectivity index (χ0) is 23.1. The van der Waals surface area contributed by atoms with Crippen molar-refractivity contribution < 1.29 is 9.90 Å². The Morgan fingerprint density at radius 3 is 2.00 bits per heavy atom. The second kappa shape index (κ2) is 8.44. The molecule has 0 spiro atoms. The van der Waals surface area contributed by atoms with Crippen molar-refractivity contribution in [1.29, 1.82) is 0 Å². The van der Waals surface area contributed by atoms with Crippen LogP contribution in [0.1, 0.15) is 69.4 Å². The maximum Gasteiger partial charge on any atom is 0.266 e.